The van der Waals surface area contributed by atoms with Crippen molar-refractivity contribution in [3.8, 4) is 0 Å². The van der Waals surface area contributed by atoms with E-state index in [0.717, 1.165) is 0 Å². The third-order valence-electron chi connectivity index (χ3n) is 2.57. The Morgan fingerprint density at radius 3 is 2.74 bits per heavy atom. The molecule has 0 atom stereocenters. The van der Waals surface area contributed by atoms with E-state index in [2.05, 4.69) is 24.3 Å². The molecule has 1 aromatic rings. The van der Waals surface area contributed by atoms with Crippen LogP contribution >= 0.6 is 0 Å². The van der Waals surface area contributed by atoms with Crippen LogP contribution in [0.1, 0.15) is 26.5 Å². The van der Waals surface area contributed by atoms with Crippen LogP contribution in [0.15, 0.2) is 0 Å². The molecule has 0 aliphatic heterocycles. The Morgan fingerprint density at radius 1 is 1.53 bits per heavy atom. The number of aryl methyl sites for hydroxylation is 2. The topological polar surface area (TPSA) is 82.2 Å². The molecular formula is C12H22N4O3. The van der Waals surface area contributed by atoms with Crippen molar-refractivity contribution in [1.29, 1.82) is 0 Å². The maximum absolute atomic E-state index is 11.0. The zero-order valence-electron chi connectivity index (χ0n) is 12.0. The zero-order valence-corrected chi connectivity index (χ0v) is 12.0. The Bertz CT molecular complexity index is 429. The van der Waals surface area contributed by atoms with E-state index in [1.807, 2.05) is 6.92 Å². The Morgan fingerprint density at radius 2 is 2.21 bits per heavy atom. The SMILES string of the molecule is CCn1nc(C)c([N+](=O)[O-])c1NCCOCC(C)C. The van der Waals surface area contributed by atoms with Crippen LogP contribution in [0.3, 0.4) is 0 Å². The fourth-order valence-electron chi connectivity index (χ4n) is 1.76. The minimum absolute atomic E-state index is 0.0470. The third-order valence-corrected chi connectivity index (χ3v) is 2.57. The Kier molecular flexibility index (Phi) is 5.75. The van der Waals surface area contributed by atoms with Crippen molar-refractivity contribution in [1.82, 2.24) is 9.78 Å². The molecule has 108 valence electrons. The standard InChI is InChI=1S/C12H22N4O3/c1-5-15-12(11(16(17)18)10(4)14-15)13-6-7-19-8-9(2)3/h9,13H,5-8H2,1-4H3. The van der Waals surface area contributed by atoms with Crippen LogP contribution < -0.4 is 5.32 Å². The molecule has 7 nitrogen and oxygen atoms in total. The average Bonchev–Trinajstić information content (AvgIpc) is 2.64. The highest BCUT2D eigenvalue weighted by atomic mass is 16.6. The summed E-state index contributed by atoms with van der Waals surface area (Å²) in [4.78, 5) is 10.6. The summed E-state index contributed by atoms with van der Waals surface area (Å²) in [6.45, 7) is 10.0. The van der Waals surface area contributed by atoms with Crippen molar-refractivity contribution in [2.45, 2.75) is 34.2 Å². The summed E-state index contributed by atoms with van der Waals surface area (Å²) in [5.74, 6) is 0.941. The van der Waals surface area contributed by atoms with Crippen molar-refractivity contribution in [3.05, 3.63) is 15.8 Å². The van der Waals surface area contributed by atoms with E-state index in [9.17, 15) is 10.1 Å². The molecule has 0 bridgehead atoms. The van der Waals surface area contributed by atoms with Crippen molar-refractivity contribution in [2.75, 3.05) is 25.1 Å². The molecule has 1 heterocycles. The van der Waals surface area contributed by atoms with Gasteiger partial charge in [0.05, 0.1) is 11.5 Å². The van der Waals surface area contributed by atoms with E-state index in [1.165, 1.54) is 0 Å². The normalized spacial score (nSPS) is 11.0. The van der Waals surface area contributed by atoms with Gasteiger partial charge >= 0.3 is 5.69 Å². The molecule has 1 rings (SSSR count). The third kappa shape index (κ3) is 4.20. The van der Waals surface area contributed by atoms with Gasteiger partial charge < -0.3 is 10.1 Å². The summed E-state index contributed by atoms with van der Waals surface area (Å²) in [7, 11) is 0. The number of nitrogens with one attached hydrogen (secondary N) is 1. The molecule has 0 aromatic carbocycles. The lowest BCUT2D eigenvalue weighted by atomic mass is 10.2. The van der Waals surface area contributed by atoms with Gasteiger partial charge in [0.25, 0.3) is 0 Å². The van der Waals surface area contributed by atoms with Gasteiger partial charge in [0.1, 0.15) is 5.69 Å². The molecule has 0 unspecified atom stereocenters. The van der Waals surface area contributed by atoms with E-state index in [4.69, 9.17) is 4.74 Å². The first-order chi connectivity index (χ1) is 8.97. The van der Waals surface area contributed by atoms with Crippen molar-refractivity contribution < 1.29 is 9.66 Å². The number of ether oxygens (including phenoxy) is 1. The maximum Gasteiger partial charge on any atom is 0.333 e. The fraction of sp³-hybridized carbons (Fsp3) is 0.750. The highest BCUT2D eigenvalue weighted by Gasteiger charge is 2.24. The first-order valence-corrected chi connectivity index (χ1v) is 6.50. The molecule has 0 fully saturated rings. The maximum atomic E-state index is 11.0. The van der Waals surface area contributed by atoms with Gasteiger partial charge in [-0.25, -0.2) is 4.68 Å². The molecule has 0 radical (unpaired) electrons. The first-order valence-electron chi connectivity index (χ1n) is 6.50. The van der Waals surface area contributed by atoms with Crippen LogP contribution in [0.25, 0.3) is 0 Å². The molecule has 7 heteroatoms. The van der Waals surface area contributed by atoms with Crippen LogP contribution in [-0.4, -0.2) is 34.5 Å². The monoisotopic (exact) mass is 270 g/mol. The predicted octanol–water partition coefficient (Wildman–Crippen LogP) is 2.20. The van der Waals surface area contributed by atoms with Crippen LogP contribution in [0.2, 0.25) is 0 Å². The smallest absolute Gasteiger partial charge is 0.333 e. The number of anilines is 1. The molecular weight excluding hydrogens is 248 g/mol. The minimum Gasteiger partial charge on any atom is -0.379 e. The second-order valence-electron chi connectivity index (χ2n) is 4.75. The molecule has 19 heavy (non-hydrogen) atoms. The van der Waals surface area contributed by atoms with Crippen molar-refractivity contribution in [3.63, 3.8) is 0 Å². The van der Waals surface area contributed by atoms with E-state index < -0.39 is 4.92 Å². The van der Waals surface area contributed by atoms with Gasteiger partial charge in [-0.1, -0.05) is 13.8 Å². The zero-order chi connectivity index (χ0) is 14.4. The number of rotatable bonds is 8. The fourth-order valence-corrected chi connectivity index (χ4v) is 1.76. The van der Waals surface area contributed by atoms with Crippen LogP contribution in [0.4, 0.5) is 11.5 Å². The average molecular weight is 270 g/mol. The molecule has 0 spiro atoms. The van der Waals surface area contributed by atoms with Gasteiger partial charge in [-0.2, -0.15) is 5.10 Å². The molecule has 0 aliphatic carbocycles. The lowest BCUT2D eigenvalue weighted by Gasteiger charge is -2.09. The summed E-state index contributed by atoms with van der Waals surface area (Å²) < 4.78 is 7.04. The van der Waals surface area contributed by atoms with Crippen LogP contribution in [0, 0.1) is 23.0 Å². The number of nitrogens with zero attached hydrogens (tertiary/aromatic N) is 3. The number of nitro groups is 1. The summed E-state index contributed by atoms with van der Waals surface area (Å²) in [5, 5.41) is 18.2. The molecule has 0 aliphatic rings. The largest absolute Gasteiger partial charge is 0.379 e. The van der Waals surface area contributed by atoms with Gasteiger partial charge in [-0.15, -0.1) is 0 Å². The highest BCUT2D eigenvalue weighted by Crippen LogP contribution is 2.27. The van der Waals surface area contributed by atoms with Gasteiger partial charge in [0.2, 0.25) is 5.82 Å². The van der Waals surface area contributed by atoms with Crippen LogP contribution in [0.5, 0.6) is 0 Å². The number of aromatic nitrogens is 2. The molecule has 1 aromatic heterocycles. The van der Waals surface area contributed by atoms with Gasteiger partial charge in [0, 0.05) is 19.7 Å². The van der Waals surface area contributed by atoms with Crippen molar-refractivity contribution in [2.24, 2.45) is 5.92 Å². The summed E-state index contributed by atoms with van der Waals surface area (Å²) in [6, 6.07) is 0. The van der Waals surface area contributed by atoms with E-state index in [0.29, 0.717) is 43.7 Å². The lowest BCUT2D eigenvalue weighted by molar-refractivity contribution is -0.384. The van der Waals surface area contributed by atoms with E-state index in [1.54, 1.807) is 11.6 Å². The van der Waals surface area contributed by atoms with Gasteiger partial charge in [-0.05, 0) is 19.8 Å². The second kappa shape index (κ2) is 7.08. The molecule has 1 N–H and O–H groups in total. The lowest BCUT2D eigenvalue weighted by Crippen LogP contribution is -2.15. The predicted molar refractivity (Wildman–Crippen MR) is 73.4 cm³/mol. The minimum atomic E-state index is -0.397. The van der Waals surface area contributed by atoms with Crippen LogP contribution in [-0.2, 0) is 11.3 Å². The number of hydrogen-bond acceptors (Lipinski definition) is 5. The van der Waals surface area contributed by atoms with Crippen molar-refractivity contribution >= 4 is 11.5 Å². The highest BCUT2D eigenvalue weighted by molar-refractivity contribution is 5.59. The van der Waals surface area contributed by atoms with Gasteiger partial charge in [0.15, 0.2) is 0 Å². The molecule has 0 saturated heterocycles. The van der Waals surface area contributed by atoms with E-state index in [-0.39, 0.29) is 5.69 Å². The Hall–Kier alpha value is -1.63. The summed E-state index contributed by atoms with van der Waals surface area (Å²) >= 11 is 0. The van der Waals surface area contributed by atoms with E-state index >= 15 is 0 Å². The quantitative estimate of drug-likeness (QED) is 0.445. The second-order valence-corrected chi connectivity index (χ2v) is 4.75. The summed E-state index contributed by atoms with van der Waals surface area (Å²) in [6.07, 6.45) is 0. The Balaban J connectivity index is 2.63. The Labute approximate surface area is 113 Å². The molecule has 0 amide bonds. The number of hydrogen-bond donors (Lipinski definition) is 1. The molecule has 0 saturated carbocycles. The van der Waals surface area contributed by atoms with Gasteiger partial charge in [-0.3, -0.25) is 10.1 Å². The summed E-state index contributed by atoms with van der Waals surface area (Å²) in [5.41, 5.74) is 0.475. The first kappa shape index (κ1) is 15.4.